The van der Waals surface area contributed by atoms with E-state index < -0.39 is 0 Å². The largest absolute Gasteiger partial charge is 0.494 e. The third kappa shape index (κ3) is 16.3. The van der Waals surface area contributed by atoms with Crippen LogP contribution in [0.3, 0.4) is 0 Å². The van der Waals surface area contributed by atoms with E-state index in [1.54, 1.807) is 6.08 Å². The maximum absolute atomic E-state index is 5.98. The Bertz CT molecular complexity index is 1670. The van der Waals surface area contributed by atoms with Gasteiger partial charge in [-0.25, -0.2) is 0 Å². The molecule has 0 unspecified atom stereocenters. The Balaban J connectivity index is 0.000000383. The maximum Gasteiger partial charge on any atom is 0.119 e. The Morgan fingerprint density at radius 2 is 1.41 bits per heavy atom. The Morgan fingerprint density at radius 1 is 0.765 bits per heavy atom. The highest BCUT2D eigenvalue weighted by molar-refractivity contribution is 5.69. The van der Waals surface area contributed by atoms with Crippen molar-refractivity contribution in [3.05, 3.63) is 211 Å². The number of hydrogen-bond acceptors (Lipinski definition) is 2. The fourth-order valence-corrected chi connectivity index (χ4v) is 5.12. The molecule has 0 saturated carbocycles. The molecule has 51 heavy (non-hydrogen) atoms. The van der Waals surface area contributed by atoms with E-state index >= 15 is 0 Å². The smallest absolute Gasteiger partial charge is 0.119 e. The standard InChI is InChI=1S/C31H34O.C8H10O.C8H8.C2H6/c1-5-25-12-10-13-26(18-17-25)24-32-30(6-2)16-11-23-31(3,4)29-21-19-28(20-22-29)27-14-8-7-9-15-27;1-2-9-8-6-4-3-5-7-8;1-2-8-6-4-3-5-7-8;1-2/h5-9,11-19,21,23H,1-2,10,20,22,24H2,3-4H3;3-7H,2H2,1H3;2-7H,1H2;1-2H3/b23-11+,30-16+;;;. The van der Waals surface area contributed by atoms with Gasteiger partial charge in [0, 0.05) is 5.41 Å². The zero-order valence-electron chi connectivity index (χ0n) is 31.6. The van der Waals surface area contributed by atoms with Crippen LogP contribution in [0.5, 0.6) is 5.75 Å². The maximum atomic E-state index is 5.98. The average Bonchev–Trinajstić information content (AvgIpc) is 3.44. The highest BCUT2D eigenvalue weighted by atomic mass is 16.5. The molecule has 0 fully saturated rings. The first-order valence-corrected chi connectivity index (χ1v) is 18.0. The van der Waals surface area contributed by atoms with Gasteiger partial charge in [0.25, 0.3) is 0 Å². The zero-order chi connectivity index (χ0) is 37.2. The van der Waals surface area contributed by atoms with E-state index in [4.69, 9.17) is 9.47 Å². The van der Waals surface area contributed by atoms with Gasteiger partial charge in [-0.1, -0.05) is 193 Å². The molecule has 3 aromatic rings. The van der Waals surface area contributed by atoms with Crippen molar-refractivity contribution >= 4 is 11.6 Å². The molecule has 0 N–H and O–H groups in total. The van der Waals surface area contributed by atoms with Gasteiger partial charge in [0.05, 0.1) is 6.61 Å². The van der Waals surface area contributed by atoms with Crippen molar-refractivity contribution in [1.29, 1.82) is 0 Å². The number of benzene rings is 3. The molecule has 2 aliphatic carbocycles. The molecule has 2 heteroatoms. The molecule has 0 aromatic heterocycles. The first-order valence-electron chi connectivity index (χ1n) is 18.0. The number of allylic oxidation sites excluding steroid dienone is 13. The SMILES string of the molecule is C=CC1=CCC=C(CO/C(C=C)=C/C=C/C(C)(C)C2=CC=C(c3ccccc3)CC2)C=C1.C=Cc1ccccc1.CC.CCOc1ccccc1. The average molecular weight is 679 g/mol. The topological polar surface area (TPSA) is 18.5 Å². The lowest BCUT2D eigenvalue weighted by Crippen LogP contribution is -2.13. The predicted octanol–water partition coefficient (Wildman–Crippen LogP) is 13.9. The van der Waals surface area contributed by atoms with E-state index in [9.17, 15) is 0 Å². The molecular weight excluding hydrogens is 621 g/mol. The van der Waals surface area contributed by atoms with Crippen molar-refractivity contribution in [2.75, 3.05) is 13.2 Å². The molecule has 0 saturated heterocycles. The molecule has 0 heterocycles. The monoisotopic (exact) mass is 678 g/mol. The zero-order valence-corrected chi connectivity index (χ0v) is 31.6. The minimum atomic E-state index is -0.0131. The summed E-state index contributed by atoms with van der Waals surface area (Å²) < 4.78 is 11.2. The summed E-state index contributed by atoms with van der Waals surface area (Å²) in [6, 6.07) is 30.5. The second-order valence-corrected chi connectivity index (χ2v) is 12.0. The van der Waals surface area contributed by atoms with E-state index in [0.29, 0.717) is 6.61 Å². The Labute approximate surface area is 309 Å². The minimum absolute atomic E-state index is 0.0131. The van der Waals surface area contributed by atoms with Crippen LogP contribution >= 0.6 is 0 Å². The Kier molecular flexibility index (Phi) is 20.3. The highest BCUT2D eigenvalue weighted by Crippen LogP contribution is 2.37. The molecule has 0 spiro atoms. The molecule has 2 nitrogen and oxygen atoms in total. The first kappa shape index (κ1) is 41.8. The number of rotatable bonds is 12. The Hall–Kier alpha value is -5.34. The molecule has 0 radical (unpaired) electrons. The van der Waals surface area contributed by atoms with Gasteiger partial charge in [0.15, 0.2) is 0 Å². The van der Waals surface area contributed by atoms with Crippen molar-refractivity contribution in [3.63, 3.8) is 0 Å². The molecule has 0 aliphatic heterocycles. The van der Waals surface area contributed by atoms with E-state index in [1.807, 2.05) is 99.7 Å². The van der Waals surface area contributed by atoms with Gasteiger partial charge in [0.1, 0.15) is 18.1 Å². The van der Waals surface area contributed by atoms with E-state index in [0.717, 1.165) is 48.5 Å². The van der Waals surface area contributed by atoms with Gasteiger partial charge in [-0.3, -0.25) is 0 Å². The predicted molar refractivity (Wildman–Crippen MR) is 225 cm³/mol. The molecule has 266 valence electrons. The lowest BCUT2D eigenvalue weighted by molar-refractivity contribution is 0.255. The number of ether oxygens (including phenoxy) is 2. The van der Waals surface area contributed by atoms with Gasteiger partial charge in [-0.05, 0) is 78.3 Å². The van der Waals surface area contributed by atoms with Crippen LogP contribution in [0.2, 0.25) is 0 Å². The number of para-hydroxylation sites is 1. The summed E-state index contributed by atoms with van der Waals surface area (Å²) in [7, 11) is 0. The third-order valence-electron chi connectivity index (χ3n) is 8.05. The van der Waals surface area contributed by atoms with Crippen LogP contribution < -0.4 is 4.74 Å². The molecule has 0 amide bonds. The quantitative estimate of drug-likeness (QED) is 0.140. The van der Waals surface area contributed by atoms with E-state index in [1.165, 1.54) is 22.3 Å². The van der Waals surface area contributed by atoms with Crippen LogP contribution in [0.25, 0.3) is 11.6 Å². The molecule has 2 aliphatic rings. The van der Waals surface area contributed by atoms with Gasteiger partial charge < -0.3 is 9.47 Å². The second-order valence-electron chi connectivity index (χ2n) is 12.0. The number of hydrogen-bond donors (Lipinski definition) is 0. The van der Waals surface area contributed by atoms with Crippen LogP contribution in [0, 0.1) is 5.41 Å². The summed E-state index contributed by atoms with van der Waals surface area (Å²) in [6.45, 7) is 23.2. The van der Waals surface area contributed by atoms with E-state index in [-0.39, 0.29) is 5.41 Å². The van der Waals surface area contributed by atoms with Crippen LogP contribution in [0.4, 0.5) is 0 Å². The summed E-state index contributed by atoms with van der Waals surface area (Å²) in [6.07, 6.45) is 27.9. The normalized spacial score (nSPS) is 13.8. The van der Waals surface area contributed by atoms with Crippen molar-refractivity contribution in [1.82, 2.24) is 0 Å². The summed E-state index contributed by atoms with van der Waals surface area (Å²) >= 11 is 0. The van der Waals surface area contributed by atoms with Crippen LogP contribution in [-0.4, -0.2) is 13.2 Å². The second kappa shape index (κ2) is 24.7. The van der Waals surface area contributed by atoms with Crippen molar-refractivity contribution in [2.24, 2.45) is 5.41 Å². The molecular formula is C49H58O2. The summed E-state index contributed by atoms with van der Waals surface area (Å²) in [4.78, 5) is 0. The van der Waals surface area contributed by atoms with Crippen LogP contribution in [-0.2, 0) is 4.74 Å². The summed E-state index contributed by atoms with van der Waals surface area (Å²) in [5.41, 5.74) is 7.64. The van der Waals surface area contributed by atoms with Crippen molar-refractivity contribution in [3.8, 4) is 5.75 Å². The van der Waals surface area contributed by atoms with Gasteiger partial charge in [-0.2, -0.15) is 0 Å². The molecule has 5 rings (SSSR count). The molecule has 0 atom stereocenters. The van der Waals surface area contributed by atoms with Crippen LogP contribution in [0.15, 0.2) is 200 Å². The first-order chi connectivity index (χ1) is 24.9. The molecule has 0 bridgehead atoms. The molecule has 3 aromatic carbocycles. The third-order valence-corrected chi connectivity index (χ3v) is 8.05. The fourth-order valence-electron chi connectivity index (χ4n) is 5.12. The van der Waals surface area contributed by atoms with Gasteiger partial charge in [0.2, 0.25) is 0 Å². The summed E-state index contributed by atoms with van der Waals surface area (Å²) in [5.74, 6) is 1.72. The fraction of sp³-hybridized carbons (Fsp3) is 0.224. The van der Waals surface area contributed by atoms with E-state index in [2.05, 4.69) is 113 Å². The van der Waals surface area contributed by atoms with Crippen molar-refractivity contribution < 1.29 is 9.47 Å². The van der Waals surface area contributed by atoms with Gasteiger partial charge >= 0.3 is 0 Å². The van der Waals surface area contributed by atoms with Crippen LogP contribution in [0.1, 0.15) is 65.0 Å². The highest BCUT2D eigenvalue weighted by Gasteiger charge is 2.21. The van der Waals surface area contributed by atoms with Crippen molar-refractivity contribution in [2.45, 2.75) is 53.9 Å². The minimum Gasteiger partial charge on any atom is -0.494 e. The lowest BCUT2D eigenvalue weighted by atomic mass is 9.78. The Morgan fingerprint density at radius 3 is 1.96 bits per heavy atom. The lowest BCUT2D eigenvalue weighted by Gasteiger charge is -2.27. The summed E-state index contributed by atoms with van der Waals surface area (Å²) in [5, 5.41) is 0. The van der Waals surface area contributed by atoms with Gasteiger partial charge in [-0.15, -0.1) is 0 Å².